The second-order valence-corrected chi connectivity index (χ2v) is 4.57. The molecule has 0 bridgehead atoms. The first-order valence-corrected chi connectivity index (χ1v) is 6.48. The van der Waals surface area contributed by atoms with Crippen LogP contribution in [0.15, 0.2) is 48.5 Å². The highest BCUT2D eigenvalue weighted by atomic mass is 19.1. The summed E-state index contributed by atoms with van der Waals surface area (Å²) < 4.78 is 13.2. The first-order chi connectivity index (χ1) is 10.5. The third kappa shape index (κ3) is 3.57. The number of hydrogen-bond donors (Lipinski definition) is 1. The third-order valence-electron chi connectivity index (χ3n) is 3.10. The Morgan fingerprint density at radius 2 is 1.95 bits per heavy atom. The Hall–Kier alpha value is -2.96. The van der Waals surface area contributed by atoms with Crippen LogP contribution in [0, 0.1) is 15.9 Å². The minimum atomic E-state index is -0.914. The zero-order valence-electron chi connectivity index (χ0n) is 11.8. The Morgan fingerprint density at radius 3 is 2.59 bits per heavy atom. The summed E-state index contributed by atoms with van der Waals surface area (Å²) in [5.74, 6) is -1.14. The topological polar surface area (TPSA) is 75.5 Å². The zero-order chi connectivity index (χ0) is 16.1. The maximum absolute atomic E-state index is 13.2. The van der Waals surface area contributed by atoms with E-state index in [0.29, 0.717) is 5.69 Å². The molecule has 0 saturated heterocycles. The van der Waals surface area contributed by atoms with Gasteiger partial charge >= 0.3 is 5.69 Å². The van der Waals surface area contributed by atoms with Gasteiger partial charge in [0.25, 0.3) is 0 Å². The molecule has 1 amide bonds. The number of nitro benzene ring substituents is 1. The van der Waals surface area contributed by atoms with E-state index in [4.69, 9.17) is 0 Å². The van der Waals surface area contributed by atoms with Gasteiger partial charge in [-0.1, -0.05) is 18.2 Å². The molecule has 2 rings (SSSR count). The van der Waals surface area contributed by atoms with Gasteiger partial charge < -0.3 is 10.2 Å². The van der Waals surface area contributed by atoms with E-state index in [2.05, 4.69) is 5.32 Å². The van der Waals surface area contributed by atoms with Gasteiger partial charge in [-0.15, -0.1) is 0 Å². The zero-order valence-corrected chi connectivity index (χ0v) is 11.8. The second kappa shape index (κ2) is 6.66. The van der Waals surface area contributed by atoms with Crippen molar-refractivity contribution < 1.29 is 14.1 Å². The molecule has 0 unspecified atom stereocenters. The number of nitro groups is 1. The van der Waals surface area contributed by atoms with Crippen molar-refractivity contribution in [1.29, 1.82) is 0 Å². The molecule has 0 aliphatic carbocycles. The van der Waals surface area contributed by atoms with E-state index in [-0.39, 0.29) is 12.5 Å². The van der Waals surface area contributed by atoms with Gasteiger partial charge in [0.15, 0.2) is 0 Å². The molecule has 1 N–H and O–H groups in total. The summed E-state index contributed by atoms with van der Waals surface area (Å²) in [5, 5.41) is 13.4. The van der Waals surface area contributed by atoms with Crippen molar-refractivity contribution in [3.63, 3.8) is 0 Å². The highest BCUT2D eigenvalue weighted by Gasteiger charge is 2.15. The largest absolute Gasteiger partial charge is 0.376 e. The summed E-state index contributed by atoms with van der Waals surface area (Å²) in [5.41, 5.74) is 0.413. The number of likely N-dealkylation sites (N-methyl/N-ethyl adjacent to an activating group) is 1. The molecule has 6 nitrogen and oxygen atoms in total. The van der Waals surface area contributed by atoms with E-state index < -0.39 is 16.4 Å². The Morgan fingerprint density at radius 1 is 1.27 bits per heavy atom. The number of anilines is 2. The molecule has 0 saturated carbocycles. The average Bonchev–Trinajstić information content (AvgIpc) is 2.53. The Balaban J connectivity index is 2.02. The molecule has 0 heterocycles. The van der Waals surface area contributed by atoms with Gasteiger partial charge in [-0.3, -0.25) is 14.9 Å². The summed E-state index contributed by atoms with van der Waals surface area (Å²) in [7, 11) is 1.63. The van der Waals surface area contributed by atoms with E-state index in [1.807, 2.05) is 18.2 Å². The summed E-state index contributed by atoms with van der Waals surface area (Å²) in [6.07, 6.45) is 0. The molecule has 2 aromatic carbocycles. The lowest BCUT2D eigenvalue weighted by atomic mass is 10.2. The van der Waals surface area contributed by atoms with Crippen LogP contribution in [0.25, 0.3) is 0 Å². The van der Waals surface area contributed by atoms with Crippen LogP contribution in [-0.4, -0.2) is 24.4 Å². The minimum Gasteiger partial charge on any atom is -0.376 e. The van der Waals surface area contributed by atoms with Crippen molar-refractivity contribution in [2.45, 2.75) is 0 Å². The van der Waals surface area contributed by atoms with Crippen molar-refractivity contribution in [3.8, 4) is 0 Å². The number of para-hydroxylation sites is 1. The Kier molecular flexibility index (Phi) is 4.67. The fourth-order valence-corrected chi connectivity index (χ4v) is 1.85. The normalized spacial score (nSPS) is 10.1. The van der Waals surface area contributed by atoms with E-state index in [1.54, 1.807) is 19.2 Å². The fourth-order valence-electron chi connectivity index (χ4n) is 1.85. The predicted octanol–water partition coefficient (Wildman–Crippen LogP) is 2.81. The number of nitrogens with zero attached hydrogens (tertiary/aromatic N) is 2. The lowest BCUT2D eigenvalue weighted by Crippen LogP contribution is -2.32. The number of rotatable bonds is 5. The molecule has 0 fully saturated rings. The van der Waals surface area contributed by atoms with Crippen molar-refractivity contribution in [3.05, 3.63) is 64.5 Å². The van der Waals surface area contributed by atoms with Crippen LogP contribution in [0.1, 0.15) is 0 Å². The number of nitrogens with one attached hydrogen (secondary N) is 1. The van der Waals surface area contributed by atoms with Crippen LogP contribution in [0.3, 0.4) is 0 Å². The Labute approximate surface area is 126 Å². The molecule has 0 aromatic heterocycles. The van der Waals surface area contributed by atoms with Crippen LogP contribution in [0.4, 0.5) is 21.5 Å². The number of hydrogen-bond acceptors (Lipinski definition) is 4. The smallest absolute Gasteiger partial charge is 0.306 e. The van der Waals surface area contributed by atoms with Gasteiger partial charge in [0.05, 0.1) is 11.5 Å². The monoisotopic (exact) mass is 303 g/mol. The average molecular weight is 303 g/mol. The van der Waals surface area contributed by atoms with Crippen molar-refractivity contribution in [2.75, 3.05) is 23.8 Å². The van der Waals surface area contributed by atoms with Crippen LogP contribution < -0.4 is 10.2 Å². The number of halogens is 1. The van der Waals surface area contributed by atoms with Gasteiger partial charge in [-0.2, -0.15) is 4.39 Å². The van der Waals surface area contributed by atoms with Gasteiger partial charge in [0, 0.05) is 24.5 Å². The van der Waals surface area contributed by atoms with E-state index in [0.717, 1.165) is 17.8 Å². The molecule has 114 valence electrons. The summed E-state index contributed by atoms with van der Waals surface area (Å²) in [6.45, 7) is -0.0613. The van der Waals surface area contributed by atoms with Crippen LogP contribution in [0.5, 0.6) is 0 Å². The molecule has 0 aliphatic heterocycles. The van der Waals surface area contributed by atoms with Crippen LogP contribution in [-0.2, 0) is 4.79 Å². The predicted molar refractivity (Wildman–Crippen MR) is 81.4 cm³/mol. The number of carbonyl (C=O) groups excluding carboxylic acids is 1. The molecular weight excluding hydrogens is 289 g/mol. The maximum Gasteiger partial charge on any atom is 0.306 e. The van der Waals surface area contributed by atoms with Crippen LogP contribution >= 0.6 is 0 Å². The van der Waals surface area contributed by atoms with Gasteiger partial charge in [0.1, 0.15) is 0 Å². The van der Waals surface area contributed by atoms with Crippen molar-refractivity contribution in [2.24, 2.45) is 0 Å². The Bertz CT molecular complexity index is 692. The first kappa shape index (κ1) is 15.4. The van der Waals surface area contributed by atoms with E-state index >= 15 is 0 Å². The molecule has 0 spiro atoms. The number of amides is 1. The maximum atomic E-state index is 13.2. The fraction of sp³-hybridized carbons (Fsp3) is 0.133. The highest BCUT2D eigenvalue weighted by molar-refractivity contribution is 5.95. The highest BCUT2D eigenvalue weighted by Crippen LogP contribution is 2.21. The number of carbonyl (C=O) groups is 1. The summed E-state index contributed by atoms with van der Waals surface area (Å²) >= 11 is 0. The lowest BCUT2D eigenvalue weighted by molar-refractivity contribution is -0.387. The SMILES string of the molecule is CN(C(=O)CNc1ccc(F)c([N+](=O)[O-])c1)c1ccccc1. The summed E-state index contributed by atoms with van der Waals surface area (Å²) in [4.78, 5) is 23.4. The second-order valence-electron chi connectivity index (χ2n) is 4.57. The molecule has 7 heteroatoms. The minimum absolute atomic E-state index is 0.0613. The van der Waals surface area contributed by atoms with Gasteiger partial charge in [0.2, 0.25) is 11.7 Å². The quantitative estimate of drug-likeness (QED) is 0.680. The lowest BCUT2D eigenvalue weighted by Gasteiger charge is -2.17. The molecule has 0 atom stereocenters. The number of benzene rings is 2. The molecule has 22 heavy (non-hydrogen) atoms. The third-order valence-corrected chi connectivity index (χ3v) is 3.10. The van der Waals surface area contributed by atoms with Crippen LogP contribution in [0.2, 0.25) is 0 Å². The van der Waals surface area contributed by atoms with Gasteiger partial charge in [-0.05, 0) is 24.3 Å². The van der Waals surface area contributed by atoms with Gasteiger partial charge in [-0.25, -0.2) is 0 Å². The molecule has 2 aromatic rings. The summed E-state index contributed by atoms with van der Waals surface area (Å²) in [6, 6.07) is 12.5. The van der Waals surface area contributed by atoms with Crippen molar-refractivity contribution in [1.82, 2.24) is 0 Å². The molecule has 0 radical (unpaired) electrons. The van der Waals surface area contributed by atoms with E-state index in [1.165, 1.54) is 11.0 Å². The molecular formula is C15H14FN3O3. The van der Waals surface area contributed by atoms with Crippen molar-refractivity contribution >= 4 is 23.0 Å². The molecule has 0 aliphatic rings. The first-order valence-electron chi connectivity index (χ1n) is 6.48. The van der Waals surface area contributed by atoms with E-state index in [9.17, 15) is 19.3 Å². The standard InChI is InChI=1S/C15H14FN3O3/c1-18(12-5-3-2-4-6-12)15(20)10-17-11-7-8-13(16)14(9-11)19(21)22/h2-9,17H,10H2,1H3.